The molecular weight excluding hydrogens is 296 g/mol. The number of fused-ring (bicyclic) bond motifs is 1. The van der Waals surface area contributed by atoms with Crippen molar-refractivity contribution in [1.29, 1.82) is 0 Å². The molecule has 0 aliphatic rings. The lowest BCUT2D eigenvalue weighted by molar-refractivity contribution is -0.158. The van der Waals surface area contributed by atoms with Gasteiger partial charge in [0.05, 0.1) is 7.11 Å². The number of aliphatic hydroxyl groups is 1. The number of carbonyl (C=O) groups excluding carboxylic acids is 1. The van der Waals surface area contributed by atoms with Crippen molar-refractivity contribution in [1.82, 2.24) is 0 Å². The number of hydrogen-bond acceptors (Lipinski definition) is 4. The molecule has 0 radical (unpaired) electrons. The molecule has 0 aromatic heterocycles. The molecule has 0 fully saturated rings. The van der Waals surface area contributed by atoms with Gasteiger partial charge < -0.3 is 9.84 Å². The van der Waals surface area contributed by atoms with Crippen molar-refractivity contribution in [2.75, 3.05) is 12.9 Å². The van der Waals surface area contributed by atoms with Gasteiger partial charge in [0.1, 0.15) is 0 Å². The van der Waals surface area contributed by atoms with Crippen molar-refractivity contribution in [3.63, 3.8) is 0 Å². The first-order valence-corrected chi connectivity index (χ1v) is 7.42. The molecule has 0 saturated heterocycles. The summed E-state index contributed by atoms with van der Waals surface area (Å²) in [6.45, 7) is 1.45. The first-order chi connectivity index (χ1) is 9.42. The Morgan fingerprint density at radius 2 is 1.95 bits per heavy atom. The van der Waals surface area contributed by atoms with Crippen LogP contribution in [0, 0.1) is 0 Å². The van der Waals surface area contributed by atoms with Gasteiger partial charge >= 0.3 is 5.97 Å². The molecule has 2 aromatic rings. The maximum Gasteiger partial charge on any atom is 0.338 e. The van der Waals surface area contributed by atoms with Gasteiger partial charge in [0.2, 0.25) is 0 Å². The maximum atomic E-state index is 11.4. The molecule has 0 heterocycles. The van der Waals surface area contributed by atoms with E-state index in [4.69, 9.17) is 11.6 Å². The zero-order chi connectivity index (χ0) is 14.8. The fourth-order valence-corrected chi connectivity index (χ4v) is 2.91. The molecule has 5 heteroatoms. The molecule has 2 rings (SSSR count). The van der Waals surface area contributed by atoms with E-state index in [2.05, 4.69) is 4.74 Å². The third-order valence-electron chi connectivity index (χ3n) is 2.92. The molecule has 0 amide bonds. The molecule has 0 aliphatic carbocycles. The molecular formula is C15H15ClO3S. The van der Waals surface area contributed by atoms with E-state index in [1.807, 2.05) is 36.4 Å². The Morgan fingerprint density at radius 3 is 2.65 bits per heavy atom. The minimum Gasteiger partial charge on any atom is -0.467 e. The van der Waals surface area contributed by atoms with E-state index < -0.39 is 11.6 Å². The Hall–Kier alpha value is -1.23. The third-order valence-corrected chi connectivity index (χ3v) is 4.45. The van der Waals surface area contributed by atoms with Crippen LogP contribution in [-0.4, -0.2) is 29.5 Å². The van der Waals surface area contributed by atoms with E-state index in [-0.39, 0.29) is 5.75 Å². The van der Waals surface area contributed by atoms with E-state index in [1.165, 1.54) is 25.8 Å². The van der Waals surface area contributed by atoms with E-state index >= 15 is 0 Å². The van der Waals surface area contributed by atoms with Crippen LogP contribution in [0.15, 0.2) is 41.3 Å². The Bertz CT molecular complexity index is 640. The number of thioether (sulfide) groups is 1. The molecule has 0 spiro atoms. The lowest BCUT2D eigenvalue weighted by Crippen LogP contribution is -2.38. The number of hydrogen-bond donors (Lipinski definition) is 1. The minimum absolute atomic E-state index is 0.235. The second-order valence-electron chi connectivity index (χ2n) is 4.71. The van der Waals surface area contributed by atoms with Crippen molar-refractivity contribution >= 4 is 40.1 Å². The predicted molar refractivity (Wildman–Crippen MR) is 82.3 cm³/mol. The second-order valence-corrected chi connectivity index (χ2v) is 6.19. The summed E-state index contributed by atoms with van der Waals surface area (Å²) in [4.78, 5) is 12.4. The fraction of sp³-hybridized carbons (Fsp3) is 0.267. The Labute approximate surface area is 126 Å². The molecule has 0 saturated carbocycles. The number of methoxy groups -OCH3 is 1. The van der Waals surface area contributed by atoms with Gasteiger partial charge in [0.25, 0.3) is 0 Å². The average Bonchev–Trinajstić information content (AvgIpc) is 2.44. The van der Waals surface area contributed by atoms with Crippen LogP contribution in [0.25, 0.3) is 10.8 Å². The number of esters is 1. The molecule has 2 aromatic carbocycles. The highest BCUT2D eigenvalue weighted by Crippen LogP contribution is 2.28. The van der Waals surface area contributed by atoms with E-state index in [1.54, 1.807) is 0 Å². The van der Waals surface area contributed by atoms with Crippen LogP contribution in [0.5, 0.6) is 0 Å². The van der Waals surface area contributed by atoms with Crippen LogP contribution in [-0.2, 0) is 9.53 Å². The summed E-state index contributed by atoms with van der Waals surface area (Å²) >= 11 is 7.35. The van der Waals surface area contributed by atoms with Crippen LogP contribution in [0.2, 0.25) is 5.02 Å². The zero-order valence-electron chi connectivity index (χ0n) is 11.2. The first kappa shape index (κ1) is 15.2. The summed E-state index contributed by atoms with van der Waals surface area (Å²) in [6, 6.07) is 11.6. The van der Waals surface area contributed by atoms with Gasteiger partial charge in [-0.05, 0) is 42.0 Å². The van der Waals surface area contributed by atoms with Crippen LogP contribution < -0.4 is 0 Å². The molecule has 0 bridgehead atoms. The minimum atomic E-state index is -1.49. The SMILES string of the molecule is COC(=O)C(C)(O)CSc1ccc2cc(Cl)ccc2c1. The van der Waals surface area contributed by atoms with Gasteiger partial charge in [-0.15, -0.1) is 11.8 Å². The third kappa shape index (κ3) is 3.45. The average molecular weight is 311 g/mol. The highest BCUT2D eigenvalue weighted by molar-refractivity contribution is 7.99. The van der Waals surface area contributed by atoms with Gasteiger partial charge in [-0.2, -0.15) is 0 Å². The zero-order valence-corrected chi connectivity index (χ0v) is 12.8. The van der Waals surface area contributed by atoms with Crippen molar-refractivity contribution in [2.45, 2.75) is 17.4 Å². The second kappa shape index (κ2) is 6.04. The molecule has 0 aliphatic heterocycles. The topological polar surface area (TPSA) is 46.5 Å². The van der Waals surface area contributed by atoms with Gasteiger partial charge in [0, 0.05) is 15.7 Å². The summed E-state index contributed by atoms with van der Waals surface area (Å²) in [6.07, 6.45) is 0. The lowest BCUT2D eigenvalue weighted by Gasteiger charge is -2.19. The van der Waals surface area contributed by atoms with Gasteiger partial charge in [-0.3, -0.25) is 0 Å². The van der Waals surface area contributed by atoms with Gasteiger partial charge in [0.15, 0.2) is 5.60 Å². The van der Waals surface area contributed by atoms with Crippen molar-refractivity contribution in [3.05, 3.63) is 41.4 Å². The maximum absolute atomic E-state index is 11.4. The number of carbonyl (C=O) groups is 1. The van der Waals surface area contributed by atoms with Crippen LogP contribution in [0.1, 0.15) is 6.92 Å². The van der Waals surface area contributed by atoms with E-state index in [0.717, 1.165) is 15.7 Å². The van der Waals surface area contributed by atoms with Crippen LogP contribution >= 0.6 is 23.4 Å². The van der Waals surface area contributed by atoms with Crippen molar-refractivity contribution in [2.24, 2.45) is 0 Å². The first-order valence-electron chi connectivity index (χ1n) is 6.05. The molecule has 1 atom stereocenters. The normalized spacial score (nSPS) is 14.0. The molecule has 106 valence electrons. The number of rotatable bonds is 4. The number of halogens is 1. The summed E-state index contributed by atoms with van der Waals surface area (Å²) in [5.74, 6) is -0.392. The predicted octanol–water partition coefficient (Wildman–Crippen LogP) is 3.51. The molecule has 3 nitrogen and oxygen atoms in total. The summed E-state index contributed by atoms with van der Waals surface area (Å²) in [5, 5.41) is 12.8. The monoisotopic (exact) mass is 310 g/mol. The molecule has 1 unspecified atom stereocenters. The highest BCUT2D eigenvalue weighted by atomic mass is 35.5. The Balaban J connectivity index is 2.14. The van der Waals surface area contributed by atoms with E-state index in [9.17, 15) is 9.90 Å². The Kier molecular flexibility index (Phi) is 4.58. The summed E-state index contributed by atoms with van der Waals surface area (Å²) in [5.41, 5.74) is -1.49. The fourth-order valence-electron chi connectivity index (χ4n) is 1.79. The highest BCUT2D eigenvalue weighted by Gasteiger charge is 2.31. The standard InChI is InChI=1S/C15H15ClO3S/c1-15(18,14(17)19-2)9-20-13-6-4-10-7-12(16)5-3-11(10)8-13/h3-8,18H,9H2,1-2H3. The number of benzene rings is 2. The van der Waals surface area contributed by atoms with Crippen molar-refractivity contribution in [3.8, 4) is 0 Å². The van der Waals surface area contributed by atoms with Gasteiger partial charge in [-0.1, -0.05) is 23.7 Å². The molecule has 1 N–H and O–H groups in total. The van der Waals surface area contributed by atoms with Gasteiger partial charge in [-0.25, -0.2) is 4.79 Å². The van der Waals surface area contributed by atoms with Crippen LogP contribution in [0.3, 0.4) is 0 Å². The van der Waals surface area contributed by atoms with E-state index in [0.29, 0.717) is 5.02 Å². The lowest BCUT2D eigenvalue weighted by atomic mass is 10.1. The summed E-state index contributed by atoms with van der Waals surface area (Å²) < 4.78 is 4.57. The van der Waals surface area contributed by atoms with Crippen molar-refractivity contribution < 1.29 is 14.6 Å². The Morgan fingerprint density at radius 1 is 1.30 bits per heavy atom. The smallest absolute Gasteiger partial charge is 0.338 e. The number of ether oxygens (including phenoxy) is 1. The molecule has 20 heavy (non-hydrogen) atoms. The quantitative estimate of drug-likeness (QED) is 0.693. The van der Waals surface area contributed by atoms with Crippen LogP contribution in [0.4, 0.5) is 0 Å². The summed E-state index contributed by atoms with van der Waals surface area (Å²) in [7, 11) is 1.27. The largest absolute Gasteiger partial charge is 0.467 e.